The van der Waals surface area contributed by atoms with Crippen molar-refractivity contribution in [2.75, 3.05) is 60.0 Å². The molecule has 0 saturated carbocycles. The molecule has 0 aliphatic heterocycles. The molecule has 0 radical (unpaired) electrons. The van der Waals surface area contributed by atoms with Crippen LogP contribution in [0.4, 0.5) is 50.4 Å². The van der Waals surface area contributed by atoms with E-state index in [1.54, 1.807) is 54.5 Å². The Kier molecular flexibility index (Phi) is 45.0. The summed E-state index contributed by atoms with van der Waals surface area (Å²) >= 11 is 0. The Morgan fingerprint density at radius 1 is 0.396 bits per heavy atom. The third-order valence-corrected chi connectivity index (χ3v) is 14.4. The minimum atomic E-state index is -10.7. The number of aromatic nitrogens is 3. The van der Waals surface area contributed by atoms with E-state index in [4.69, 9.17) is 49.0 Å². The third kappa shape index (κ3) is 58.1. The molecule has 0 aliphatic carbocycles. The number of carbonyl (C=O) groups is 4. The monoisotopic (exact) mass is 1700 g/mol. The van der Waals surface area contributed by atoms with E-state index in [-0.39, 0.29) is 120 Å². The van der Waals surface area contributed by atoms with E-state index >= 15 is 0 Å². The van der Waals surface area contributed by atoms with Gasteiger partial charge >= 0.3 is 141 Å². The van der Waals surface area contributed by atoms with Crippen LogP contribution in [0, 0.1) is 19.1 Å². The second-order valence-electron chi connectivity index (χ2n) is 21.7. The van der Waals surface area contributed by atoms with E-state index in [1.165, 1.54) is 43.6 Å². The van der Waals surface area contributed by atoms with Gasteiger partial charge in [0.25, 0.3) is 19.2 Å². The molecule has 0 aliphatic rings. The first-order valence-corrected chi connectivity index (χ1v) is 39.0. The van der Waals surface area contributed by atoms with Crippen molar-refractivity contribution in [1.82, 2.24) is 0 Å². The zero-order chi connectivity index (χ0) is 84.3. The quantitative estimate of drug-likeness (QED) is 0.00514. The van der Waals surface area contributed by atoms with Crippen LogP contribution in [0.3, 0.4) is 0 Å². The number of aryl methyl sites for hydroxylation is 2. The number of aliphatic hydroxyl groups is 2. The van der Waals surface area contributed by atoms with E-state index in [0.717, 1.165) is 56.3 Å². The molecule has 0 bridgehead atoms. The summed E-state index contributed by atoms with van der Waals surface area (Å²) in [7, 11) is -22.6. The Balaban J connectivity index is 0. The smallest absolute Gasteiger partial charge is 0.619 e. The van der Waals surface area contributed by atoms with Gasteiger partial charge in [-0.25, -0.2) is 27.6 Å². The van der Waals surface area contributed by atoms with E-state index in [2.05, 4.69) is 55.3 Å². The summed E-state index contributed by atoms with van der Waals surface area (Å²) in [5.41, 5.74) is 10.1. The molecule has 0 amide bonds. The van der Waals surface area contributed by atoms with Crippen LogP contribution < -0.4 is 75.3 Å². The maximum absolute atomic E-state index is 11.7. The Hall–Kier alpha value is -8.48. The van der Waals surface area contributed by atoms with Gasteiger partial charge in [0.1, 0.15) is 33.0 Å². The first kappa shape index (κ1) is 105. The molecule has 3 aromatic heterocycles. The first-order valence-electron chi connectivity index (χ1n) is 31.2. The molecule has 0 saturated heterocycles. The fourth-order valence-electron chi connectivity index (χ4n) is 6.82. The van der Waals surface area contributed by atoms with E-state index < -0.39 is 58.7 Å². The predicted octanol–water partition coefficient (Wildman–Crippen LogP) is 13.6. The van der Waals surface area contributed by atoms with Gasteiger partial charge in [-0.3, -0.25) is 13.9 Å². The normalized spacial score (nSPS) is 11.6. The van der Waals surface area contributed by atoms with Crippen molar-refractivity contribution in [3.05, 3.63) is 278 Å². The molecule has 111 heavy (non-hydrogen) atoms. The van der Waals surface area contributed by atoms with Crippen molar-refractivity contribution < 1.29 is 195 Å². The zero-order valence-electron chi connectivity index (χ0n) is 61.1. The molecule has 8 aromatic rings. The topological polar surface area (TPSA) is 276 Å². The van der Waals surface area contributed by atoms with Gasteiger partial charge in [-0.15, -0.1) is 0 Å². The summed E-state index contributed by atoms with van der Waals surface area (Å²) < 4.78 is 191. The van der Waals surface area contributed by atoms with Gasteiger partial charge in [-0.2, -0.15) is 13.1 Å². The number of carbonyl (C=O) groups excluding carboxylic acids is 4. The Bertz CT molecular complexity index is 4290. The van der Waals surface area contributed by atoms with Crippen molar-refractivity contribution in [1.29, 1.82) is 0 Å². The molecule has 0 spiro atoms. The van der Waals surface area contributed by atoms with Crippen LogP contribution in [-0.4, -0.2) is 111 Å². The number of hydrogen-bond acceptors (Lipinski definition) is 18. The number of halogens is 13. The first-order chi connectivity index (χ1) is 50.6. The van der Waals surface area contributed by atoms with Crippen molar-refractivity contribution in [3.8, 4) is 33.4 Å². The Morgan fingerprint density at radius 2 is 0.631 bits per heavy atom. The number of aliphatic hydroxyl groups excluding tert-OH is 2. The molecule has 21 nitrogen and oxygen atoms in total. The molecular weight excluding hydrogens is 1620 g/mol. The zero-order valence-corrected chi connectivity index (χ0v) is 68.4. The summed E-state index contributed by atoms with van der Waals surface area (Å²) in [4.78, 5) is 55.0. The molecule has 0 unspecified atom stereocenters. The van der Waals surface area contributed by atoms with Crippen LogP contribution >= 0.6 is 26.3 Å². The van der Waals surface area contributed by atoms with E-state index in [9.17, 15) is 91.6 Å². The molecule has 3 heterocycles. The van der Waals surface area contributed by atoms with E-state index in [1.807, 2.05) is 142 Å². The SMILES string of the molecule is C=C(C)C(=O)OCCO.C=C(C)C(=O)OCCOS(=O)(=O)c1ccc(C)cc1.C=C(C)C(=O)OCCO[n+]1ccc(-c2ccccc2)cc1.C=C(C)C(=O)OCCO[n+]1ccc(-c2ccccc2)cc1.CO.Cc1ccc(S(=O)(=O)Cl)cc1.F[P-](F)(F)(F)(F)F.F[P-](F)(F)(F)(F)F.[K+].[O-][n+]1ccc(-c2ccccc2)cc1. The minimum absolute atomic E-state index is 0. The van der Waals surface area contributed by atoms with Gasteiger partial charge in [-0.1, -0.05) is 153 Å². The van der Waals surface area contributed by atoms with Gasteiger partial charge in [0, 0.05) is 85.9 Å². The number of esters is 4. The molecule has 0 atom stereocenters. The van der Waals surface area contributed by atoms with Gasteiger partial charge in [0.2, 0.25) is 24.8 Å². The largest absolute Gasteiger partial charge is 1.00 e. The van der Waals surface area contributed by atoms with Gasteiger partial charge in [-0.05, 0) is 99.2 Å². The van der Waals surface area contributed by atoms with Gasteiger partial charge in [0.15, 0.2) is 25.6 Å². The molecule has 2 N–H and O–H groups in total. The molecule has 606 valence electrons. The van der Waals surface area contributed by atoms with Crippen LogP contribution in [0.25, 0.3) is 33.4 Å². The van der Waals surface area contributed by atoms with E-state index in [0.29, 0.717) is 16.7 Å². The van der Waals surface area contributed by atoms with Crippen LogP contribution in [0.15, 0.2) is 272 Å². The van der Waals surface area contributed by atoms with Crippen molar-refractivity contribution >= 4 is 69.3 Å². The average molecular weight is 1710 g/mol. The molecule has 0 fully saturated rings. The van der Waals surface area contributed by atoms with Crippen molar-refractivity contribution in [3.63, 3.8) is 0 Å². The predicted molar refractivity (Wildman–Crippen MR) is 392 cm³/mol. The fraction of sp³-hybridized carbons (Fsp3) is 0.208. The maximum Gasteiger partial charge on any atom is 1.00 e. The summed E-state index contributed by atoms with van der Waals surface area (Å²) in [6.45, 7) is 24.3. The minimum Gasteiger partial charge on any atom is -0.619 e. The summed E-state index contributed by atoms with van der Waals surface area (Å²) in [5.74, 6) is -1.83. The summed E-state index contributed by atoms with van der Waals surface area (Å²) in [6, 6.07) is 54.3. The van der Waals surface area contributed by atoms with Gasteiger partial charge in [0.05, 0.1) is 16.4 Å². The number of nitrogens with zero attached hydrogens (tertiary/aromatic N) is 3. The van der Waals surface area contributed by atoms with Crippen molar-refractivity contribution in [2.24, 2.45) is 0 Å². The average Bonchev–Trinajstić information content (AvgIpc) is 0.801. The maximum atomic E-state index is 11.7. The molecule has 8 rings (SSSR count). The second kappa shape index (κ2) is 47.8. The Morgan fingerprint density at radius 3 is 0.883 bits per heavy atom. The molecular formula is C72H82ClF12KN3O18P2S2+. The van der Waals surface area contributed by atoms with Crippen LogP contribution in [0.5, 0.6) is 0 Å². The fourth-order valence-corrected chi connectivity index (χ4v) is 8.48. The van der Waals surface area contributed by atoms with Crippen LogP contribution in [0.2, 0.25) is 0 Å². The number of benzene rings is 5. The number of ether oxygens (including phenoxy) is 4. The summed E-state index contributed by atoms with van der Waals surface area (Å²) in [5, 5.41) is 26.0. The van der Waals surface area contributed by atoms with Gasteiger partial charge < -0.3 is 34.4 Å². The van der Waals surface area contributed by atoms with Crippen LogP contribution in [0.1, 0.15) is 38.8 Å². The number of pyridine rings is 3. The Labute approximate surface area is 681 Å². The van der Waals surface area contributed by atoms with Crippen molar-refractivity contribution in [2.45, 2.75) is 51.3 Å². The van der Waals surface area contributed by atoms with Crippen LogP contribution in [-0.2, 0) is 61.5 Å². The second-order valence-corrected chi connectivity index (χ2v) is 29.8. The number of hydrogen-bond donors (Lipinski definition) is 2. The third-order valence-electron chi connectivity index (χ3n) is 11.7. The standard InChI is InChI=1S/2C17H18NO3.C13H16O5S.C11H9NO.C7H7ClO2S.C6H10O3.CH4O.2F6P.K/c2*1-14(2)17(19)20-12-13-21-18-10-8-16(9-11-18)15-6-4-3-5-7-15;1-10(2)13(14)17-8-9-18-19(15,16)12-6-4-11(3)5-7-12;13-12-8-6-11(7-9-12)10-4-2-1-3-5-10;1-6-2-4-7(5-3-6)11(8,9)10;1-5(2)6(8)9-4-3-7;1-2;2*1-7(2,3,4,5)6;/h2*3-11H,1,12-13H2,2H3;4-7H,1,8-9H2,2-3H3;1-9H;2-5H,1H3;7H,1,3-4H2,2H3;2H,1H3;;;/q2*+1;;;;;;2*-1;+1. The molecule has 39 heteroatoms. The number of rotatable bonds is 23. The molecule has 5 aromatic carbocycles. The summed E-state index contributed by atoms with van der Waals surface area (Å²) in [6.07, 6.45) is 10.3.